The number of nitrogen functional groups attached to an aromatic ring is 1. The minimum atomic E-state index is -0.950. The summed E-state index contributed by atoms with van der Waals surface area (Å²) in [6.45, 7) is 1.54. The third kappa shape index (κ3) is 2.25. The standard InChI is InChI=1S/C11H12N4O2/c1-7(11(16)17)15-6-13-10(14-15)8-3-2-4-9(12)5-8/h2-7H,12H2,1H3,(H,16,17). The molecule has 1 unspecified atom stereocenters. The Labute approximate surface area is 97.7 Å². The monoisotopic (exact) mass is 232 g/mol. The van der Waals surface area contributed by atoms with Crippen LogP contribution in [0.3, 0.4) is 0 Å². The van der Waals surface area contributed by atoms with Crippen molar-refractivity contribution >= 4 is 11.7 Å². The van der Waals surface area contributed by atoms with Gasteiger partial charge in [0.05, 0.1) is 0 Å². The number of carboxylic acid groups (broad SMARTS) is 1. The second kappa shape index (κ2) is 4.25. The molecule has 0 bridgehead atoms. The van der Waals surface area contributed by atoms with Crippen LogP contribution in [0.4, 0.5) is 5.69 Å². The van der Waals surface area contributed by atoms with E-state index >= 15 is 0 Å². The highest BCUT2D eigenvalue weighted by Crippen LogP contribution is 2.18. The summed E-state index contributed by atoms with van der Waals surface area (Å²) in [5.74, 6) is -0.487. The quantitative estimate of drug-likeness (QED) is 0.775. The molecule has 0 aliphatic rings. The third-order valence-corrected chi connectivity index (χ3v) is 2.41. The van der Waals surface area contributed by atoms with Gasteiger partial charge in [0.15, 0.2) is 5.82 Å². The number of rotatable bonds is 3. The number of nitrogens with zero attached hydrogens (tertiary/aromatic N) is 3. The Kier molecular flexibility index (Phi) is 2.78. The van der Waals surface area contributed by atoms with Crippen LogP contribution in [0.25, 0.3) is 11.4 Å². The minimum Gasteiger partial charge on any atom is -0.480 e. The second-order valence-electron chi connectivity index (χ2n) is 3.69. The summed E-state index contributed by atoms with van der Waals surface area (Å²) in [5.41, 5.74) is 7.04. The molecule has 0 aliphatic carbocycles. The van der Waals surface area contributed by atoms with Crippen LogP contribution in [0.2, 0.25) is 0 Å². The van der Waals surface area contributed by atoms with Gasteiger partial charge in [0.2, 0.25) is 0 Å². The minimum absolute atomic E-state index is 0.463. The molecule has 0 spiro atoms. The summed E-state index contributed by atoms with van der Waals surface area (Å²) >= 11 is 0. The van der Waals surface area contributed by atoms with Crippen LogP contribution in [-0.4, -0.2) is 25.8 Å². The number of nitrogens with two attached hydrogens (primary N) is 1. The Bertz CT molecular complexity index is 550. The molecule has 1 atom stereocenters. The number of carboxylic acids is 1. The zero-order valence-corrected chi connectivity index (χ0v) is 9.24. The van der Waals surface area contributed by atoms with Gasteiger partial charge in [0, 0.05) is 11.3 Å². The molecular formula is C11H12N4O2. The lowest BCUT2D eigenvalue weighted by molar-refractivity contribution is -0.140. The van der Waals surface area contributed by atoms with Crippen molar-refractivity contribution in [3.05, 3.63) is 30.6 Å². The molecule has 3 N–H and O–H groups in total. The van der Waals surface area contributed by atoms with E-state index < -0.39 is 12.0 Å². The third-order valence-electron chi connectivity index (χ3n) is 2.41. The van der Waals surface area contributed by atoms with Gasteiger partial charge >= 0.3 is 5.97 Å². The van der Waals surface area contributed by atoms with Gasteiger partial charge in [-0.3, -0.25) is 0 Å². The molecule has 0 radical (unpaired) electrons. The lowest BCUT2D eigenvalue weighted by atomic mass is 10.2. The fourth-order valence-electron chi connectivity index (χ4n) is 1.38. The van der Waals surface area contributed by atoms with E-state index in [9.17, 15) is 4.79 Å². The fraction of sp³-hybridized carbons (Fsp3) is 0.182. The predicted molar refractivity (Wildman–Crippen MR) is 62.2 cm³/mol. The van der Waals surface area contributed by atoms with Crippen molar-refractivity contribution in [2.24, 2.45) is 0 Å². The topological polar surface area (TPSA) is 94.0 Å². The van der Waals surface area contributed by atoms with Crippen LogP contribution in [0.1, 0.15) is 13.0 Å². The van der Waals surface area contributed by atoms with E-state index in [0.717, 1.165) is 5.56 Å². The van der Waals surface area contributed by atoms with Crippen molar-refractivity contribution in [3.63, 3.8) is 0 Å². The van der Waals surface area contributed by atoms with E-state index in [0.29, 0.717) is 11.5 Å². The Balaban J connectivity index is 2.33. The van der Waals surface area contributed by atoms with Gasteiger partial charge in [0.1, 0.15) is 12.4 Å². The molecule has 0 fully saturated rings. The Hall–Kier alpha value is -2.37. The van der Waals surface area contributed by atoms with Crippen LogP contribution in [0.5, 0.6) is 0 Å². The molecule has 0 aliphatic heterocycles. The number of aliphatic carboxylic acids is 1. The molecule has 1 aromatic carbocycles. The van der Waals surface area contributed by atoms with Crippen molar-refractivity contribution in [3.8, 4) is 11.4 Å². The van der Waals surface area contributed by atoms with Crippen molar-refractivity contribution in [2.75, 3.05) is 5.73 Å². The molecule has 2 rings (SSSR count). The average molecular weight is 232 g/mol. The zero-order chi connectivity index (χ0) is 12.4. The highest BCUT2D eigenvalue weighted by molar-refractivity contribution is 5.71. The SMILES string of the molecule is CC(C(=O)O)n1cnc(-c2cccc(N)c2)n1. The van der Waals surface area contributed by atoms with Gasteiger partial charge in [-0.1, -0.05) is 12.1 Å². The highest BCUT2D eigenvalue weighted by atomic mass is 16.4. The van der Waals surface area contributed by atoms with Gasteiger partial charge in [-0.05, 0) is 19.1 Å². The summed E-state index contributed by atoms with van der Waals surface area (Å²) in [4.78, 5) is 14.9. The van der Waals surface area contributed by atoms with Gasteiger partial charge in [-0.15, -0.1) is 0 Å². The maximum absolute atomic E-state index is 10.8. The van der Waals surface area contributed by atoms with Crippen molar-refractivity contribution in [1.82, 2.24) is 14.8 Å². The molecular weight excluding hydrogens is 220 g/mol. The summed E-state index contributed by atoms with van der Waals surface area (Å²) < 4.78 is 1.31. The first kappa shape index (κ1) is 11.1. The van der Waals surface area contributed by atoms with Gasteiger partial charge in [0.25, 0.3) is 0 Å². The maximum Gasteiger partial charge on any atom is 0.328 e. The first-order valence-corrected chi connectivity index (χ1v) is 5.08. The smallest absolute Gasteiger partial charge is 0.328 e. The van der Waals surface area contributed by atoms with Crippen LogP contribution in [0.15, 0.2) is 30.6 Å². The zero-order valence-electron chi connectivity index (χ0n) is 9.24. The maximum atomic E-state index is 10.8. The number of carbonyl (C=O) groups is 1. The lowest BCUT2D eigenvalue weighted by Gasteiger charge is -2.04. The van der Waals surface area contributed by atoms with Crippen molar-refractivity contribution in [2.45, 2.75) is 13.0 Å². The molecule has 6 nitrogen and oxygen atoms in total. The molecule has 6 heteroatoms. The van der Waals surface area contributed by atoms with Crippen LogP contribution in [-0.2, 0) is 4.79 Å². The predicted octanol–water partition coefficient (Wildman–Crippen LogP) is 1.17. The molecule has 1 heterocycles. The van der Waals surface area contributed by atoms with Crippen LogP contribution >= 0.6 is 0 Å². The van der Waals surface area contributed by atoms with E-state index in [1.54, 1.807) is 25.1 Å². The van der Waals surface area contributed by atoms with E-state index in [1.807, 2.05) is 6.07 Å². The highest BCUT2D eigenvalue weighted by Gasteiger charge is 2.15. The molecule has 0 saturated heterocycles. The van der Waals surface area contributed by atoms with Gasteiger partial charge in [-0.2, -0.15) is 5.10 Å². The number of aromatic nitrogens is 3. The Morgan fingerprint density at radius 3 is 2.94 bits per heavy atom. The average Bonchev–Trinajstić information content (AvgIpc) is 2.77. The van der Waals surface area contributed by atoms with E-state index in [-0.39, 0.29) is 0 Å². The molecule has 2 aromatic rings. The van der Waals surface area contributed by atoms with Gasteiger partial charge in [-0.25, -0.2) is 14.5 Å². The van der Waals surface area contributed by atoms with E-state index in [1.165, 1.54) is 11.0 Å². The second-order valence-corrected chi connectivity index (χ2v) is 3.69. The summed E-state index contributed by atoms with van der Waals surface area (Å²) in [5, 5.41) is 13.0. The van der Waals surface area contributed by atoms with Crippen molar-refractivity contribution in [1.29, 1.82) is 0 Å². The Morgan fingerprint density at radius 2 is 2.29 bits per heavy atom. The summed E-state index contributed by atoms with van der Waals surface area (Å²) in [7, 11) is 0. The number of hydrogen-bond donors (Lipinski definition) is 2. The van der Waals surface area contributed by atoms with Crippen LogP contribution < -0.4 is 5.73 Å². The summed E-state index contributed by atoms with van der Waals surface area (Å²) in [6, 6.07) is 6.39. The molecule has 1 aromatic heterocycles. The fourth-order valence-corrected chi connectivity index (χ4v) is 1.38. The first-order chi connectivity index (χ1) is 8.08. The first-order valence-electron chi connectivity index (χ1n) is 5.08. The molecule has 88 valence electrons. The van der Waals surface area contributed by atoms with E-state index in [4.69, 9.17) is 10.8 Å². The molecule has 0 saturated carbocycles. The van der Waals surface area contributed by atoms with Crippen LogP contribution in [0, 0.1) is 0 Å². The number of benzene rings is 1. The number of hydrogen-bond acceptors (Lipinski definition) is 4. The molecule has 0 amide bonds. The normalized spacial score (nSPS) is 12.3. The lowest BCUT2D eigenvalue weighted by Crippen LogP contribution is -2.15. The largest absolute Gasteiger partial charge is 0.480 e. The van der Waals surface area contributed by atoms with E-state index in [2.05, 4.69) is 10.1 Å². The van der Waals surface area contributed by atoms with Crippen molar-refractivity contribution < 1.29 is 9.90 Å². The summed E-state index contributed by atoms with van der Waals surface area (Å²) in [6.07, 6.45) is 1.40. The Morgan fingerprint density at radius 1 is 1.53 bits per heavy atom. The molecule has 17 heavy (non-hydrogen) atoms. The van der Waals surface area contributed by atoms with Gasteiger partial charge < -0.3 is 10.8 Å². The number of anilines is 1.